The molecule has 6 nitrogen and oxygen atoms in total. The summed E-state index contributed by atoms with van der Waals surface area (Å²) in [6, 6.07) is 8.13. The Balaban J connectivity index is 1.76. The molecule has 1 aromatic carbocycles. The molecule has 6 heteroatoms. The van der Waals surface area contributed by atoms with Crippen LogP contribution in [0.5, 0.6) is 5.75 Å². The number of nitrogens with zero attached hydrogens (tertiary/aromatic N) is 3. The second-order valence-electron chi connectivity index (χ2n) is 5.80. The Labute approximate surface area is 136 Å². The van der Waals surface area contributed by atoms with Gasteiger partial charge in [-0.3, -0.25) is 0 Å². The van der Waals surface area contributed by atoms with Crippen LogP contribution in [0, 0.1) is 0 Å². The number of aliphatic hydroxyl groups is 1. The third-order valence-electron chi connectivity index (χ3n) is 4.07. The van der Waals surface area contributed by atoms with Crippen LogP contribution in [-0.2, 0) is 13.0 Å². The van der Waals surface area contributed by atoms with Gasteiger partial charge < -0.3 is 20.1 Å². The van der Waals surface area contributed by atoms with Crippen molar-refractivity contribution < 1.29 is 9.84 Å². The molecule has 23 heavy (non-hydrogen) atoms. The van der Waals surface area contributed by atoms with Crippen LogP contribution >= 0.6 is 0 Å². The molecule has 1 aliphatic heterocycles. The fraction of sp³-hybridized carbons (Fsp3) is 0.412. The van der Waals surface area contributed by atoms with E-state index in [1.165, 1.54) is 11.1 Å². The molecular weight excluding hydrogens is 292 g/mol. The van der Waals surface area contributed by atoms with Crippen molar-refractivity contribution in [2.45, 2.75) is 25.9 Å². The van der Waals surface area contributed by atoms with Crippen molar-refractivity contribution >= 4 is 11.6 Å². The molecule has 2 aromatic rings. The largest absolute Gasteiger partial charge is 0.497 e. The van der Waals surface area contributed by atoms with Crippen LogP contribution in [0.4, 0.5) is 11.6 Å². The molecule has 2 N–H and O–H groups in total. The summed E-state index contributed by atoms with van der Waals surface area (Å²) in [6.07, 6.45) is 2.53. The van der Waals surface area contributed by atoms with Gasteiger partial charge in [0.1, 0.15) is 23.7 Å². The van der Waals surface area contributed by atoms with Crippen molar-refractivity contribution in [3.8, 4) is 5.75 Å². The Morgan fingerprint density at radius 3 is 2.96 bits per heavy atom. The third-order valence-corrected chi connectivity index (χ3v) is 4.07. The average Bonchev–Trinajstić information content (AvgIpc) is 2.60. The van der Waals surface area contributed by atoms with E-state index in [0.29, 0.717) is 0 Å². The van der Waals surface area contributed by atoms with Gasteiger partial charge in [0.25, 0.3) is 0 Å². The Morgan fingerprint density at radius 2 is 2.17 bits per heavy atom. The van der Waals surface area contributed by atoms with E-state index >= 15 is 0 Å². The molecule has 1 aromatic heterocycles. The molecule has 0 amide bonds. The monoisotopic (exact) mass is 314 g/mol. The summed E-state index contributed by atoms with van der Waals surface area (Å²) in [5, 5.41) is 12.3. The van der Waals surface area contributed by atoms with E-state index in [0.717, 1.165) is 36.9 Å². The number of nitrogens with one attached hydrogen (secondary N) is 1. The van der Waals surface area contributed by atoms with Crippen molar-refractivity contribution in [2.24, 2.45) is 0 Å². The zero-order chi connectivity index (χ0) is 16.2. The molecule has 3 rings (SSSR count). The van der Waals surface area contributed by atoms with Gasteiger partial charge in [-0.15, -0.1) is 0 Å². The van der Waals surface area contributed by atoms with Crippen molar-refractivity contribution in [1.82, 2.24) is 9.97 Å². The first kappa shape index (κ1) is 15.6. The minimum atomic E-state index is -0.0349. The van der Waals surface area contributed by atoms with Crippen molar-refractivity contribution in [3.05, 3.63) is 41.7 Å². The summed E-state index contributed by atoms with van der Waals surface area (Å²) in [7, 11) is 1.69. The van der Waals surface area contributed by atoms with Crippen molar-refractivity contribution in [1.29, 1.82) is 0 Å². The molecule has 0 radical (unpaired) electrons. The normalized spacial score (nSPS) is 15.0. The second-order valence-corrected chi connectivity index (χ2v) is 5.80. The minimum absolute atomic E-state index is 0.0349. The highest BCUT2D eigenvalue weighted by Crippen LogP contribution is 2.26. The van der Waals surface area contributed by atoms with Gasteiger partial charge in [-0.05, 0) is 36.6 Å². The van der Waals surface area contributed by atoms with E-state index in [9.17, 15) is 0 Å². The van der Waals surface area contributed by atoms with Crippen LogP contribution in [-0.4, -0.2) is 41.4 Å². The Bertz CT molecular complexity index is 677. The van der Waals surface area contributed by atoms with Gasteiger partial charge in [0, 0.05) is 25.2 Å². The van der Waals surface area contributed by atoms with Crippen LogP contribution in [0.2, 0.25) is 0 Å². The number of methoxy groups -OCH3 is 1. The van der Waals surface area contributed by atoms with Crippen LogP contribution in [0.3, 0.4) is 0 Å². The van der Waals surface area contributed by atoms with Crippen LogP contribution < -0.4 is 15.0 Å². The Kier molecular flexibility index (Phi) is 4.62. The number of hydrogen-bond acceptors (Lipinski definition) is 6. The molecule has 0 unspecified atom stereocenters. The molecule has 0 spiro atoms. The summed E-state index contributed by atoms with van der Waals surface area (Å²) in [4.78, 5) is 10.8. The maximum Gasteiger partial charge on any atom is 0.134 e. The summed E-state index contributed by atoms with van der Waals surface area (Å²) < 4.78 is 5.29. The lowest BCUT2D eigenvalue weighted by atomic mass is 9.99. The number of fused-ring (bicyclic) bond motifs is 1. The van der Waals surface area contributed by atoms with Crippen LogP contribution in [0.15, 0.2) is 30.6 Å². The Hall–Kier alpha value is -2.34. The number of aliphatic hydroxyl groups excluding tert-OH is 1. The number of anilines is 2. The quantitative estimate of drug-likeness (QED) is 0.877. The predicted octanol–water partition coefficient (Wildman–Crippen LogP) is 1.84. The highest BCUT2D eigenvalue weighted by molar-refractivity contribution is 5.51. The summed E-state index contributed by atoms with van der Waals surface area (Å²) in [6.45, 7) is 3.71. The van der Waals surface area contributed by atoms with Crippen LogP contribution in [0.25, 0.3) is 0 Å². The summed E-state index contributed by atoms with van der Waals surface area (Å²) >= 11 is 0. The molecule has 0 bridgehead atoms. The van der Waals surface area contributed by atoms with E-state index in [2.05, 4.69) is 32.3 Å². The average molecular weight is 314 g/mol. The smallest absolute Gasteiger partial charge is 0.134 e. The van der Waals surface area contributed by atoms with E-state index in [1.54, 1.807) is 13.4 Å². The molecular formula is C17H22N4O2. The number of hydrogen-bond donors (Lipinski definition) is 2. The van der Waals surface area contributed by atoms with E-state index in [4.69, 9.17) is 9.84 Å². The van der Waals surface area contributed by atoms with Crippen molar-refractivity contribution in [2.75, 3.05) is 30.5 Å². The minimum Gasteiger partial charge on any atom is -0.497 e. The molecule has 2 heterocycles. The van der Waals surface area contributed by atoms with Gasteiger partial charge in [0.2, 0.25) is 0 Å². The second kappa shape index (κ2) is 6.83. The topological polar surface area (TPSA) is 70.5 Å². The lowest BCUT2D eigenvalue weighted by Gasteiger charge is -2.30. The first-order chi connectivity index (χ1) is 11.2. The van der Waals surface area contributed by atoms with E-state index < -0.39 is 0 Å². The standard InChI is InChI=1S/C17H22N4O2/c1-12(10-22)20-16-8-17(19-11-18-16)21-6-5-13-7-15(23-2)4-3-14(13)9-21/h3-4,7-8,11-12,22H,5-6,9-10H2,1-2H3,(H,18,19,20)/t12-/m0/s1. The lowest BCUT2D eigenvalue weighted by Crippen LogP contribution is -2.31. The molecule has 0 saturated heterocycles. The number of ether oxygens (including phenoxy) is 1. The SMILES string of the molecule is COc1ccc2c(c1)CCN(c1cc(N[C@@H](C)CO)ncn1)C2. The van der Waals surface area contributed by atoms with Gasteiger partial charge >= 0.3 is 0 Å². The first-order valence-corrected chi connectivity index (χ1v) is 7.80. The molecule has 1 atom stereocenters. The highest BCUT2D eigenvalue weighted by atomic mass is 16.5. The summed E-state index contributed by atoms with van der Waals surface area (Å²) in [5.41, 5.74) is 2.64. The highest BCUT2D eigenvalue weighted by Gasteiger charge is 2.18. The molecule has 0 fully saturated rings. The Morgan fingerprint density at radius 1 is 1.30 bits per heavy atom. The van der Waals surface area contributed by atoms with Gasteiger partial charge in [0.05, 0.1) is 13.7 Å². The fourth-order valence-electron chi connectivity index (χ4n) is 2.75. The lowest BCUT2D eigenvalue weighted by molar-refractivity contribution is 0.281. The molecule has 0 saturated carbocycles. The number of benzene rings is 1. The maximum absolute atomic E-state index is 9.14. The third kappa shape index (κ3) is 3.53. The first-order valence-electron chi connectivity index (χ1n) is 7.80. The number of rotatable bonds is 5. The molecule has 122 valence electrons. The fourth-order valence-corrected chi connectivity index (χ4v) is 2.75. The van der Waals surface area contributed by atoms with E-state index in [-0.39, 0.29) is 12.6 Å². The van der Waals surface area contributed by atoms with Crippen molar-refractivity contribution in [3.63, 3.8) is 0 Å². The molecule has 0 aliphatic carbocycles. The summed E-state index contributed by atoms with van der Waals surface area (Å²) in [5.74, 6) is 2.54. The van der Waals surface area contributed by atoms with Gasteiger partial charge in [-0.1, -0.05) is 6.07 Å². The number of aromatic nitrogens is 2. The predicted molar refractivity (Wildman–Crippen MR) is 90.0 cm³/mol. The zero-order valence-electron chi connectivity index (χ0n) is 13.5. The maximum atomic E-state index is 9.14. The van der Waals surface area contributed by atoms with Gasteiger partial charge in [-0.25, -0.2) is 9.97 Å². The molecule has 1 aliphatic rings. The van der Waals surface area contributed by atoms with E-state index in [1.807, 2.05) is 19.1 Å². The van der Waals surface area contributed by atoms with Gasteiger partial charge in [0.15, 0.2) is 0 Å². The van der Waals surface area contributed by atoms with Gasteiger partial charge in [-0.2, -0.15) is 0 Å². The van der Waals surface area contributed by atoms with Crippen LogP contribution in [0.1, 0.15) is 18.1 Å². The zero-order valence-corrected chi connectivity index (χ0v) is 13.5.